The molecule has 2 rings (SSSR count). The summed E-state index contributed by atoms with van der Waals surface area (Å²) >= 11 is 0. The highest BCUT2D eigenvalue weighted by Gasteiger charge is 2.29. The van der Waals surface area contributed by atoms with E-state index in [1.54, 1.807) is 0 Å². The monoisotopic (exact) mass is 274 g/mol. The Morgan fingerprint density at radius 2 is 2.00 bits per heavy atom. The molecule has 110 valence electrons. The molecule has 3 nitrogen and oxygen atoms in total. The van der Waals surface area contributed by atoms with Crippen molar-refractivity contribution in [2.24, 2.45) is 5.41 Å². The largest absolute Gasteiger partial charge is 0.385 e. The van der Waals surface area contributed by atoms with Gasteiger partial charge in [0.1, 0.15) is 0 Å². The first kappa shape index (κ1) is 14.9. The Labute approximate surface area is 122 Å². The second-order valence-electron chi connectivity index (χ2n) is 6.28. The molecule has 0 aromatic heterocycles. The van der Waals surface area contributed by atoms with Gasteiger partial charge in [-0.1, -0.05) is 31.4 Å². The third kappa shape index (κ3) is 3.53. The molecular formula is C17H26N2O. The van der Waals surface area contributed by atoms with Crippen molar-refractivity contribution in [3.8, 4) is 0 Å². The molecule has 0 unspecified atom stereocenters. The summed E-state index contributed by atoms with van der Waals surface area (Å²) in [5.74, 6) is 0.0396. The summed E-state index contributed by atoms with van der Waals surface area (Å²) in [5, 5.41) is 6.39. The molecule has 1 aromatic carbocycles. The van der Waals surface area contributed by atoms with E-state index in [9.17, 15) is 4.79 Å². The minimum atomic E-state index is 0.0396. The van der Waals surface area contributed by atoms with Gasteiger partial charge in [0.25, 0.3) is 5.91 Å². The zero-order chi connectivity index (χ0) is 14.6. The molecule has 1 fully saturated rings. The van der Waals surface area contributed by atoms with E-state index in [1.165, 1.54) is 25.7 Å². The van der Waals surface area contributed by atoms with Gasteiger partial charge in [0.2, 0.25) is 0 Å². The minimum Gasteiger partial charge on any atom is -0.385 e. The van der Waals surface area contributed by atoms with E-state index in [-0.39, 0.29) is 11.3 Å². The third-order valence-corrected chi connectivity index (χ3v) is 4.27. The third-order valence-electron chi connectivity index (χ3n) is 4.27. The summed E-state index contributed by atoms with van der Waals surface area (Å²) in [6.07, 6.45) is 5.03. The zero-order valence-corrected chi connectivity index (χ0v) is 12.9. The Balaban J connectivity index is 2.06. The van der Waals surface area contributed by atoms with Crippen molar-refractivity contribution in [2.45, 2.75) is 46.5 Å². The van der Waals surface area contributed by atoms with Gasteiger partial charge in [-0.05, 0) is 44.2 Å². The van der Waals surface area contributed by atoms with Crippen molar-refractivity contribution in [1.29, 1.82) is 0 Å². The van der Waals surface area contributed by atoms with Crippen molar-refractivity contribution in [1.82, 2.24) is 5.32 Å². The zero-order valence-electron chi connectivity index (χ0n) is 12.9. The number of benzene rings is 1. The first-order chi connectivity index (χ1) is 9.54. The maximum Gasteiger partial charge on any atom is 0.253 e. The quantitative estimate of drug-likeness (QED) is 0.859. The van der Waals surface area contributed by atoms with Gasteiger partial charge in [0.05, 0.1) is 5.56 Å². The highest BCUT2D eigenvalue weighted by atomic mass is 16.1. The molecule has 1 aromatic rings. The smallest absolute Gasteiger partial charge is 0.253 e. The predicted molar refractivity (Wildman–Crippen MR) is 84.3 cm³/mol. The summed E-state index contributed by atoms with van der Waals surface area (Å²) in [5.41, 5.74) is 3.09. The minimum absolute atomic E-state index is 0.0396. The second kappa shape index (κ2) is 6.29. The molecule has 0 spiro atoms. The van der Waals surface area contributed by atoms with Crippen LogP contribution in [-0.4, -0.2) is 19.0 Å². The van der Waals surface area contributed by atoms with Crippen LogP contribution < -0.4 is 10.6 Å². The van der Waals surface area contributed by atoms with Crippen LogP contribution in [0.5, 0.6) is 0 Å². The van der Waals surface area contributed by atoms with E-state index in [2.05, 4.69) is 17.6 Å². The highest BCUT2D eigenvalue weighted by Crippen LogP contribution is 2.36. The van der Waals surface area contributed by atoms with Gasteiger partial charge in [-0.15, -0.1) is 0 Å². The van der Waals surface area contributed by atoms with Crippen LogP contribution in [0.2, 0.25) is 0 Å². The van der Waals surface area contributed by atoms with Crippen LogP contribution >= 0.6 is 0 Å². The van der Waals surface area contributed by atoms with Crippen LogP contribution in [0.15, 0.2) is 18.2 Å². The number of rotatable bonds is 5. The number of aryl methyl sites for hydroxylation is 1. The van der Waals surface area contributed by atoms with E-state index < -0.39 is 0 Å². The molecule has 1 aliphatic carbocycles. The molecule has 0 atom stereocenters. The number of anilines is 1. The van der Waals surface area contributed by atoms with E-state index in [4.69, 9.17) is 0 Å². The number of carbonyl (C=O) groups is 1. The van der Waals surface area contributed by atoms with Gasteiger partial charge in [-0.2, -0.15) is 0 Å². The molecule has 1 saturated carbocycles. The molecule has 1 aliphatic rings. The van der Waals surface area contributed by atoms with Crippen molar-refractivity contribution >= 4 is 11.6 Å². The number of amides is 1. The van der Waals surface area contributed by atoms with Crippen LogP contribution in [0.4, 0.5) is 5.69 Å². The van der Waals surface area contributed by atoms with Gasteiger partial charge >= 0.3 is 0 Å². The summed E-state index contributed by atoms with van der Waals surface area (Å²) in [7, 11) is 0. The highest BCUT2D eigenvalue weighted by molar-refractivity contribution is 5.99. The van der Waals surface area contributed by atoms with Crippen LogP contribution in [0, 0.1) is 12.3 Å². The van der Waals surface area contributed by atoms with Crippen LogP contribution in [0.1, 0.15) is 55.5 Å². The molecule has 3 heteroatoms. The molecule has 1 amide bonds. The molecule has 2 N–H and O–H groups in total. The van der Waals surface area contributed by atoms with E-state index in [0.29, 0.717) is 0 Å². The lowest BCUT2D eigenvalue weighted by molar-refractivity contribution is 0.0935. The van der Waals surface area contributed by atoms with Crippen LogP contribution in [0.3, 0.4) is 0 Å². The maximum absolute atomic E-state index is 12.4. The van der Waals surface area contributed by atoms with Crippen molar-refractivity contribution in [3.05, 3.63) is 29.3 Å². The lowest BCUT2D eigenvalue weighted by Crippen LogP contribution is -2.34. The Hall–Kier alpha value is -1.51. The summed E-state index contributed by atoms with van der Waals surface area (Å²) in [6, 6.07) is 5.99. The lowest BCUT2D eigenvalue weighted by atomic mass is 9.89. The maximum atomic E-state index is 12.4. The number of nitrogens with one attached hydrogen (secondary N) is 2. The molecule has 0 radical (unpaired) electrons. The first-order valence-electron chi connectivity index (χ1n) is 7.67. The predicted octanol–water partition coefficient (Wildman–Crippen LogP) is 3.74. The lowest BCUT2D eigenvalue weighted by Gasteiger charge is -2.24. The Kier molecular flexibility index (Phi) is 4.69. The Morgan fingerprint density at radius 1 is 1.30 bits per heavy atom. The fourth-order valence-corrected chi connectivity index (χ4v) is 2.98. The fraction of sp³-hybridized carbons (Fsp3) is 0.588. The van der Waals surface area contributed by atoms with Gasteiger partial charge in [0, 0.05) is 18.8 Å². The summed E-state index contributed by atoms with van der Waals surface area (Å²) in [4.78, 5) is 12.4. The van der Waals surface area contributed by atoms with Gasteiger partial charge in [-0.3, -0.25) is 4.79 Å². The summed E-state index contributed by atoms with van der Waals surface area (Å²) in [6.45, 7) is 7.94. The Morgan fingerprint density at radius 3 is 2.65 bits per heavy atom. The van der Waals surface area contributed by atoms with Crippen molar-refractivity contribution < 1.29 is 4.79 Å². The average Bonchev–Trinajstić information content (AvgIpc) is 2.86. The van der Waals surface area contributed by atoms with Gasteiger partial charge in [-0.25, -0.2) is 0 Å². The van der Waals surface area contributed by atoms with E-state index >= 15 is 0 Å². The van der Waals surface area contributed by atoms with Gasteiger partial charge in [0.15, 0.2) is 0 Å². The molecular weight excluding hydrogens is 248 g/mol. The van der Waals surface area contributed by atoms with E-state index in [0.717, 1.165) is 29.9 Å². The molecule has 0 heterocycles. The van der Waals surface area contributed by atoms with Gasteiger partial charge < -0.3 is 10.6 Å². The SMILES string of the molecule is CCNc1ccc(C)cc1C(=O)NCC1(C)CCCC1. The fourth-order valence-electron chi connectivity index (χ4n) is 2.98. The van der Waals surface area contributed by atoms with Crippen LogP contribution in [-0.2, 0) is 0 Å². The van der Waals surface area contributed by atoms with Crippen molar-refractivity contribution in [2.75, 3.05) is 18.4 Å². The molecule has 0 saturated heterocycles. The Bertz CT molecular complexity index is 476. The molecule has 0 bridgehead atoms. The first-order valence-corrected chi connectivity index (χ1v) is 7.67. The summed E-state index contributed by atoms with van der Waals surface area (Å²) < 4.78 is 0. The van der Waals surface area contributed by atoms with Crippen LogP contribution in [0.25, 0.3) is 0 Å². The average molecular weight is 274 g/mol. The normalized spacial score (nSPS) is 16.9. The number of hydrogen-bond donors (Lipinski definition) is 2. The van der Waals surface area contributed by atoms with Crippen molar-refractivity contribution in [3.63, 3.8) is 0 Å². The second-order valence-corrected chi connectivity index (χ2v) is 6.28. The standard InChI is InChI=1S/C17H26N2O/c1-4-18-15-8-7-13(2)11-14(15)16(20)19-12-17(3)9-5-6-10-17/h7-8,11,18H,4-6,9-10,12H2,1-3H3,(H,19,20). The van der Waals surface area contributed by atoms with E-state index in [1.807, 2.05) is 32.0 Å². The topological polar surface area (TPSA) is 41.1 Å². The number of hydrogen-bond acceptors (Lipinski definition) is 2. The number of carbonyl (C=O) groups excluding carboxylic acids is 1. The molecule has 0 aliphatic heterocycles. The molecule has 20 heavy (non-hydrogen) atoms.